The van der Waals surface area contributed by atoms with Crippen LogP contribution in [0.4, 0.5) is 4.79 Å². The minimum Gasteiger partial charge on any atom is -0.351 e. The van der Waals surface area contributed by atoms with E-state index in [2.05, 4.69) is 4.98 Å². The van der Waals surface area contributed by atoms with Gasteiger partial charge in [0.05, 0.1) is 11.0 Å². The molecule has 1 heterocycles. The highest BCUT2D eigenvalue weighted by Crippen LogP contribution is 2.10. The van der Waals surface area contributed by atoms with Crippen molar-refractivity contribution in [3.05, 3.63) is 30.6 Å². The fourth-order valence-electron chi connectivity index (χ4n) is 1.13. The molecule has 0 aliphatic carbocycles. The van der Waals surface area contributed by atoms with Gasteiger partial charge in [0.2, 0.25) is 0 Å². The molecular formula is C8H7N3O. The summed E-state index contributed by atoms with van der Waals surface area (Å²) in [5, 5.41) is 0. The Balaban J connectivity index is 2.79. The van der Waals surface area contributed by atoms with Crippen LogP contribution in [0.1, 0.15) is 0 Å². The SMILES string of the molecule is NC(=O)n1cnc2ccccc21. The average Bonchev–Trinajstić information content (AvgIpc) is 2.47. The summed E-state index contributed by atoms with van der Waals surface area (Å²) in [6, 6.07) is 6.81. The van der Waals surface area contributed by atoms with Crippen molar-refractivity contribution >= 4 is 17.1 Å². The summed E-state index contributed by atoms with van der Waals surface area (Å²) in [5.74, 6) is 0. The van der Waals surface area contributed by atoms with Crippen molar-refractivity contribution in [1.82, 2.24) is 9.55 Å². The van der Waals surface area contributed by atoms with Gasteiger partial charge in [-0.3, -0.25) is 4.57 Å². The highest BCUT2D eigenvalue weighted by molar-refractivity contribution is 5.88. The molecule has 2 rings (SSSR count). The quantitative estimate of drug-likeness (QED) is 0.625. The number of nitrogens with zero attached hydrogens (tertiary/aromatic N) is 2. The first-order valence-corrected chi connectivity index (χ1v) is 3.51. The van der Waals surface area contributed by atoms with E-state index < -0.39 is 6.03 Å². The second kappa shape index (κ2) is 2.34. The Morgan fingerprint density at radius 2 is 2.17 bits per heavy atom. The number of nitrogens with two attached hydrogens (primary N) is 1. The lowest BCUT2D eigenvalue weighted by atomic mass is 10.3. The largest absolute Gasteiger partial charge is 0.351 e. The molecule has 0 aliphatic heterocycles. The van der Waals surface area contributed by atoms with Crippen LogP contribution in [-0.2, 0) is 0 Å². The van der Waals surface area contributed by atoms with Crippen LogP contribution in [0.15, 0.2) is 30.6 Å². The van der Waals surface area contributed by atoms with Gasteiger partial charge in [0.15, 0.2) is 0 Å². The van der Waals surface area contributed by atoms with Crippen LogP contribution < -0.4 is 5.73 Å². The van der Waals surface area contributed by atoms with E-state index in [0.717, 1.165) is 11.0 Å². The van der Waals surface area contributed by atoms with Gasteiger partial charge < -0.3 is 5.73 Å². The summed E-state index contributed by atoms with van der Waals surface area (Å²) in [6.07, 6.45) is 1.42. The van der Waals surface area contributed by atoms with E-state index in [1.54, 1.807) is 6.07 Å². The van der Waals surface area contributed by atoms with Gasteiger partial charge in [0, 0.05) is 0 Å². The lowest BCUT2D eigenvalue weighted by Crippen LogP contribution is -2.18. The molecule has 0 saturated carbocycles. The molecule has 0 saturated heterocycles. The normalized spacial score (nSPS) is 10.3. The van der Waals surface area contributed by atoms with Gasteiger partial charge in [-0.05, 0) is 12.1 Å². The van der Waals surface area contributed by atoms with Crippen molar-refractivity contribution in [1.29, 1.82) is 0 Å². The summed E-state index contributed by atoms with van der Waals surface area (Å²) in [6.45, 7) is 0. The number of aromatic nitrogens is 2. The third-order valence-corrected chi connectivity index (χ3v) is 1.69. The number of carbonyl (C=O) groups is 1. The second-order valence-corrected chi connectivity index (χ2v) is 2.44. The molecule has 1 amide bonds. The van der Waals surface area contributed by atoms with Gasteiger partial charge in [-0.2, -0.15) is 0 Å². The Labute approximate surface area is 68.6 Å². The Morgan fingerprint density at radius 3 is 2.92 bits per heavy atom. The topological polar surface area (TPSA) is 60.9 Å². The number of hydrogen-bond donors (Lipinski definition) is 1. The van der Waals surface area contributed by atoms with Crippen molar-refractivity contribution in [3.8, 4) is 0 Å². The number of fused-ring (bicyclic) bond motifs is 1. The first-order chi connectivity index (χ1) is 5.79. The zero-order chi connectivity index (χ0) is 8.55. The summed E-state index contributed by atoms with van der Waals surface area (Å²) in [5.41, 5.74) is 6.62. The van der Waals surface area contributed by atoms with Crippen LogP contribution in [0, 0.1) is 0 Å². The number of amides is 1. The Bertz CT molecular complexity index is 433. The summed E-state index contributed by atoms with van der Waals surface area (Å²) >= 11 is 0. The molecule has 4 heteroatoms. The molecule has 0 aliphatic rings. The van der Waals surface area contributed by atoms with Gasteiger partial charge in [0.25, 0.3) is 0 Å². The van der Waals surface area contributed by atoms with E-state index in [-0.39, 0.29) is 0 Å². The predicted octanol–water partition coefficient (Wildman–Crippen LogP) is 0.963. The standard InChI is InChI=1S/C8H7N3O/c9-8(12)11-5-10-6-3-1-2-4-7(6)11/h1-5H,(H2,9,12). The molecule has 0 radical (unpaired) electrons. The van der Waals surface area contributed by atoms with Crippen LogP contribution in [0.25, 0.3) is 11.0 Å². The first kappa shape index (κ1) is 6.84. The Morgan fingerprint density at radius 1 is 1.42 bits per heavy atom. The van der Waals surface area contributed by atoms with E-state index >= 15 is 0 Å². The van der Waals surface area contributed by atoms with E-state index in [0.29, 0.717) is 0 Å². The van der Waals surface area contributed by atoms with E-state index in [9.17, 15) is 4.79 Å². The van der Waals surface area contributed by atoms with Crippen molar-refractivity contribution in [2.75, 3.05) is 0 Å². The molecule has 1 aromatic heterocycles. The lowest BCUT2D eigenvalue weighted by molar-refractivity contribution is 0.251. The van der Waals surface area contributed by atoms with Crippen LogP contribution in [0.3, 0.4) is 0 Å². The number of benzene rings is 1. The van der Waals surface area contributed by atoms with Crippen molar-refractivity contribution in [2.24, 2.45) is 5.73 Å². The summed E-state index contributed by atoms with van der Waals surface area (Å²) < 4.78 is 1.31. The smallest absolute Gasteiger partial charge is 0.324 e. The summed E-state index contributed by atoms with van der Waals surface area (Å²) in [7, 11) is 0. The Kier molecular flexibility index (Phi) is 1.33. The predicted molar refractivity (Wildman–Crippen MR) is 44.7 cm³/mol. The summed E-state index contributed by atoms with van der Waals surface area (Å²) in [4.78, 5) is 14.8. The maximum absolute atomic E-state index is 10.8. The fraction of sp³-hybridized carbons (Fsp3) is 0. The average molecular weight is 161 g/mol. The molecule has 2 aromatic rings. The van der Waals surface area contributed by atoms with Crippen molar-refractivity contribution < 1.29 is 4.79 Å². The molecule has 4 nitrogen and oxygen atoms in total. The Hall–Kier alpha value is -1.84. The minimum absolute atomic E-state index is 0.510. The zero-order valence-corrected chi connectivity index (χ0v) is 6.27. The van der Waals surface area contributed by atoms with Gasteiger partial charge in [-0.15, -0.1) is 0 Å². The molecule has 1 aromatic carbocycles. The highest BCUT2D eigenvalue weighted by atomic mass is 16.2. The number of hydrogen-bond acceptors (Lipinski definition) is 2. The number of para-hydroxylation sites is 2. The number of carbonyl (C=O) groups excluding carboxylic acids is 1. The third-order valence-electron chi connectivity index (χ3n) is 1.69. The molecule has 0 unspecified atom stereocenters. The molecule has 60 valence electrons. The molecule has 0 spiro atoms. The van der Waals surface area contributed by atoms with Gasteiger partial charge in [0.1, 0.15) is 6.33 Å². The molecule has 0 atom stereocenters. The van der Waals surface area contributed by atoms with Crippen LogP contribution in [0.5, 0.6) is 0 Å². The molecule has 12 heavy (non-hydrogen) atoms. The number of primary amides is 1. The monoisotopic (exact) mass is 161 g/mol. The van der Waals surface area contributed by atoms with Crippen molar-refractivity contribution in [2.45, 2.75) is 0 Å². The fourth-order valence-corrected chi connectivity index (χ4v) is 1.13. The zero-order valence-electron chi connectivity index (χ0n) is 6.27. The van der Waals surface area contributed by atoms with E-state index in [1.807, 2.05) is 18.2 Å². The van der Waals surface area contributed by atoms with Gasteiger partial charge in [-0.25, -0.2) is 9.78 Å². The van der Waals surface area contributed by atoms with Gasteiger partial charge >= 0.3 is 6.03 Å². The van der Waals surface area contributed by atoms with E-state index in [4.69, 9.17) is 5.73 Å². The van der Waals surface area contributed by atoms with Gasteiger partial charge in [-0.1, -0.05) is 12.1 Å². The molecule has 0 fully saturated rings. The number of rotatable bonds is 0. The lowest BCUT2D eigenvalue weighted by Gasteiger charge is -1.94. The molecule has 0 bridgehead atoms. The van der Waals surface area contributed by atoms with Crippen LogP contribution in [-0.4, -0.2) is 15.6 Å². The van der Waals surface area contributed by atoms with Crippen LogP contribution in [0.2, 0.25) is 0 Å². The maximum Gasteiger partial charge on any atom is 0.324 e. The first-order valence-electron chi connectivity index (χ1n) is 3.51. The van der Waals surface area contributed by atoms with E-state index in [1.165, 1.54) is 10.9 Å². The maximum atomic E-state index is 10.8. The highest BCUT2D eigenvalue weighted by Gasteiger charge is 2.03. The molecule has 2 N–H and O–H groups in total. The number of imidazole rings is 1. The van der Waals surface area contributed by atoms with Crippen LogP contribution >= 0.6 is 0 Å². The minimum atomic E-state index is -0.510. The van der Waals surface area contributed by atoms with Crippen molar-refractivity contribution in [3.63, 3.8) is 0 Å². The second-order valence-electron chi connectivity index (χ2n) is 2.44. The third kappa shape index (κ3) is 0.852. The molecular weight excluding hydrogens is 154 g/mol.